The topological polar surface area (TPSA) is 37.4 Å². The number of halogens is 3. The molecular weight excluding hydrogens is 388 g/mol. The van der Waals surface area contributed by atoms with Gasteiger partial charge in [0.15, 0.2) is 0 Å². The van der Waals surface area contributed by atoms with Crippen molar-refractivity contribution >= 4 is 26.0 Å². The molecule has 1 aliphatic rings. The molecule has 0 N–H and O–H groups in total. The Balaban J connectivity index is 2.00. The summed E-state index contributed by atoms with van der Waals surface area (Å²) in [6.07, 6.45) is 1.40. The van der Waals surface area contributed by atoms with E-state index < -0.39 is 26.6 Å². The molecule has 0 aromatic heterocycles. The first-order chi connectivity index (χ1) is 10.9. The van der Waals surface area contributed by atoms with E-state index >= 15 is 0 Å². The summed E-state index contributed by atoms with van der Waals surface area (Å²) in [5.41, 5.74) is 0.276. The molecule has 23 heavy (non-hydrogen) atoms. The Hall–Kier alpha value is -1.31. The third-order valence-corrected chi connectivity index (χ3v) is 6.12. The first-order valence-electron chi connectivity index (χ1n) is 7.10. The molecule has 0 spiro atoms. The van der Waals surface area contributed by atoms with Gasteiger partial charge in [0, 0.05) is 22.6 Å². The molecule has 0 amide bonds. The number of nitrogens with zero attached hydrogens (tertiary/aromatic N) is 1. The second kappa shape index (κ2) is 6.30. The van der Waals surface area contributed by atoms with Crippen molar-refractivity contribution in [3.05, 3.63) is 64.1 Å². The quantitative estimate of drug-likeness (QED) is 0.756. The van der Waals surface area contributed by atoms with E-state index in [0.29, 0.717) is 17.3 Å². The summed E-state index contributed by atoms with van der Waals surface area (Å²) in [6.45, 7) is -0.106. The molecule has 0 saturated heterocycles. The van der Waals surface area contributed by atoms with Gasteiger partial charge < -0.3 is 0 Å². The van der Waals surface area contributed by atoms with Gasteiger partial charge in [-0.15, -0.1) is 0 Å². The zero-order valence-electron chi connectivity index (χ0n) is 12.0. The van der Waals surface area contributed by atoms with Crippen molar-refractivity contribution in [1.82, 2.24) is 4.31 Å². The van der Waals surface area contributed by atoms with Crippen LogP contribution in [0.1, 0.15) is 18.4 Å². The normalized spacial score (nSPS) is 15.1. The van der Waals surface area contributed by atoms with Gasteiger partial charge in [-0.25, -0.2) is 17.2 Å². The lowest BCUT2D eigenvalue weighted by atomic mass is 10.2. The first-order valence-corrected chi connectivity index (χ1v) is 9.33. The highest BCUT2D eigenvalue weighted by molar-refractivity contribution is 9.10. The lowest BCUT2D eigenvalue weighted by Gasteiger charge is -2.22. The van der Waals surface area contributed by atoms with Gasteiger partial charge in [-0.2, -0.15) is 4.31 Å². The Morgan fingerprint density at radius 1 is 1.09 bits per heavy atom. The molecule has 0 bridgehead atoms. The minimum Gasteiger partial charge on any atom is -0.207 e. The molecule has 1 fully saturated rings. The van der Waals surface area contributed by atoms with Crippen molar-refractivity contribution < 1.29 is 17.2 Å². The maximum atomic E-state index is 14.0. The lowest BCUT2D eigenvalue weighted by Crippen LogP contribution is -2.33. The molecule has 0 atom stereocenters. The van der Waals surface area contributed by atoms with E-state index in [-0.39, 0.29) is 18.2 Å². The number of sulfonamides is 1. The number of benzene rings is 2. The van der Waals surface area contributed by atoms with Gasteiger partial charge >= 0.3 is 0 Å². The van der Waals surface area contributed by atoms with E-state index in [1.807, 2.05) is 0 Å². The lowest BCUT2D eigenvalue weighted by molar-refractivity contribution is 0.388. The van der Waals surface area contributed by atoms with E-state index in [1.165, 1.54) is 28.6 Å². The van der Waals surface area contributed by atoms with Crippen LogP contribution in [-0.2, 0) is 16.6 Å². The zero-order valence-corrected chi connectivity index (χ0v) is 14.4. The second-order valence-electron chi connectivity index (χ2n) is 5.45. The first kappa shape index (κ1) is 16.5. The summed E-state index contributed by atoms with van der Waals surface area (Å²) in [4.78, 5) is -0.393. The van der Waals surface area contributed by atoms with E-state index in [4.69, 9.17) is 0 Å². The average molecular weight is 402 g/mol. The fraction of sp³-hybridized carbons (Fsp3) is 0.250. The Labute approximate surface area is 142 Å². The van der Waals surface area contributed by atoms with Gasteiger partial charge in [-0.05, 0) is 37.1 Å². The highest BCUT2D eigenvalue weighted by atomic mass is 79.9. The minimum absolute atomic E-state index is 0.106. The van der Waals surface area contributed by atoms with Gasteiger partial charge in [0.2, 0.25) is 10.0 Å². The molecule has 0 radical (unpaired) electrons. The van der Waals surface area contributed by atoms with Crippen LogP contribution >= 0.6 is 15.9 Å². The Kier molecular flexibility index (Phi) is 4.53. The SMILES string of the molecule is O=S(=O)(c1cc(Br)ccc1F)N(Cc1ccccc1F)C1CC1. The van der Waals surface area contributed by atoms with Crippen LogP contribution in [0.3, 0.4) is 0 Å². The highest BCUT2D eigenvalue weighted by Crippen LogP contribution is 2.35. The molecule has 1 aliphatic carbocycles. The smallest absolute Gasteiger partial charge is 0.207 e. The molecule has 0 aliphatic heterocycles. The molecule has 0 unspecified atom stereocenters. The van der Waals surface area contributed by atoms with Crippen LogP contribution < -0.4 is 0 Å². The van der Waals surface area contributed by atoms with E-state index in [0.717, 1.165) is 6.07 Å². The van der Waals surface area contributed by atoms with Crippen molar-refractivity contribution in [2.75, 3.05) is 0 Å². The third-order valence-electron chi connectivity index (χ3n) is 3.72. The number of rotatable bonds is 5. The molecule has 122 valence electrons. The van der Waals surface area contributed by atoms with Crippen LogP contribution in [0, 0.1) is 11.6 Å². The summed E-state index contributed by atoms with van der Waals surface area (Å²) < 4.78 is 55.2. The maximum absolute atomic E-state index is 14.0. The van der Waals surface area contributed by atoms with Crippen molar-refractivity contribution in [2.24, 2.45) is 0 Å². The van der Waals surface area contributed by atoms with Gasteiger partial charge in [0.05, 0.1) is 0 Å². The van der Waals surface area contributed by atoms with Crippen molar-refractivity contribution in [1.29, 1.82) is 0 Å². The summed E-state index contributed by atoms with van der Waals surface area (Å²) >= 11 is 3.16. The molecule has 3 rings (SSSR count). The molecule has 0 heterocycles. The number of hydrogen-bond acceptors (Lipinski definition) is 2. The minimum atomic E-state index is -4.04. The summed E-state index contributed by atoms with van der Waals surface area (Å²) in [5, 5.41) is 0. The number of hydrogen-bond donors (Lipinski definition) is 0. The van der Waals surface area contributed by atoms with Crippen molar-refractivity contribution in [2.45, 2.75) is 30.3 Å². The fourth-order valence-electron chi connectivity index (χ4n) is 2.37. The van der Waals surface area contributed by atoms with Gasteiger partial charge in [-0.3, -0.25) is 0 Å². The van der Waals surface area contributed by atoms with E-state index in [9.17, 15) is 17.2 Å². The van der Waals surface area contributed by atoms with Crippen molar-refractivity contribution in [3.63, 3.8) is 0 Å². The second-order valence-corrected chi connectivity index (χ2v) is 8.22. The van der Waals surface area contributed by atoms with Crippen LogP contribution in [0.4, 0.5) is 8.78 Å². The molecule has 7 heteroatoms. The van der Waals surface area contributed by atoms with Gasteiger partial charge in [0.25, 0.3) is 0 Å². The monoisotopic (exact) mass is 401 g/mol. The molecule has 3 nitrogen and oxygen atoms in total. The van der Waals surface area contributed by atoms with Crippen LogP contribution in [0.25, 0.3) is 0 Å². The molecule has 2 aromatic carbocycles. The molecular formula is C16H14BrF2NO2S. The Bertz CT molecular complexity index is 838. The third kappa shape index (κ3) is 3.46. The summed E-state index contributed by atoms with van der Waals surface area (Å²) in [6, 6.07) is 9.58. The van der Waals surface area contributed by atoms with E-state index in [1.54, 1.807) is 12.1 Å². The van der Waals surface area contributed by atoms with E-state index in [2.05, 4.69) is 15.9 Å². The predicted octanol–water partition coefficient (Wildman–Crippen LogP) is 4.08. The maximum Gasteiger partial charge on any atom is 0.246 e. The molecule has 1 saturated carbocycles. The highest BCUT2D eigenvalue weighted by Gasteiger charge is 2.39. The largest absolute Gasteiger partial charge is 0.246 e. The fourth-order valence-corrected chi connectivity index (χ4v) is 4.64. The zero-order chi connectivity index (χ0) is 16.6. The van der Waals surface area contributed by atoms with Crippen LogP contribution in [0.15, 0.2) is 51.8 Å². The average Bonchev–Trinajstić information content (AvgIpc) is 3.33. The van der Waals surface area contributed by atoms with Gasteiger partial charge in [0.1, 0.15) is 16.5 Å². The molecule has 2 aromatic rings. The predicted molar refractivity (Wildman–Crippen MR) is 86.3 cm³/mol. The van der Waals surface area contributed by atoms with Crippen LogP contribution in [-0.4, -0.2) is 18.8 Å². The van der Waals surface area contributed by atoms with Gasteiger partial charge in [-0.1, -0.05) is 34.1 Å². The summed E-state index contributed by atoms with van der Waals surface area (Å²) in [7, 11) is -4.04. The van der Waals surface area contributed by atoms with Crippen LogP contribution in [0.2, 0.25) is 0 Å². The standard InChI is InChI=1S/C16H14BrF2NO2S/c17-12-5-8-15(19)16(9-12)23(21,22)20(13-6-7-13)10-11-3-1-2-4-14(11)18/h1-5,8-9,13H,6-7,10H2. The summed E-state index contributed by atoms with van der Waals surface area (Å²) in [5.74, 6) is -1.28. The van der Waals surface area contributed by atoms with Crippen molar-refractivity contribution in [3.8, 4) is 0 Å². The Morgan fingerprint density at radius 2 is 1.78 bits per heavy atom. The van der Waals surface area contributed by atoms with Crippen LogP contribution in [0.5, 0.6) is 0 Å². The Morgan fingerprint density at radius 3 is 2.43 bits per heavy atom.